The lowest BCUT2D eigenvalue weighted by Crippen LogP contribution is -2.47. The molecule has 3 unspecified atom stereocenters. The van der Waals surface area contributed by atoms with E-state index >= 15 is 0 Å². The van der Waals surface area contributed by atoms with Crippen LogP contribution in [0.3, 0.4) is 0 Å². The van der Waals surface area contributed by atoms with Crippen molar-refractivity contribution in [3.8, 4) is 17.2 Å². The van der Waals surface area contributed by atoms with Crippen LogP contribution >= 0.6 is 53.8 Å². The number of carboxylic acid groups (broad SMARTS) is 1. The third kappa shape index (κ3) is 17.5. The molecule has 0 fully saturated rings. The van der Waals surface area contributed by atoms with Crippen LogP contribution in [0.5, 0.6) is 17.2 Å². The van der Waals surface area contributed by atoms with Crippen molar-refractivity contribution in [3.05, 3.63) is 111 Å². The number of fused-ring (bicyclic) bond motifs is 1. The number of nitro benzene ring substituents is 1. The average molecular weight is 976 g/mol. The van der Waals surface area contributed by atoms with E-state index in [1.807, 2.05) is 69.3 Å². The standard InChI is InChI=1S/C14H20ClNO2.C12H9ClN2O3.C11H11Cl2NO2.C5H12NO4P/c1-4-12-8-6-7-11(3)14(12)16(10-18-5-2)13(17)9-15;13-11-10(18-8-4-2-1-3-5-8)7-6-9(12(11)14)15(16)17;1-7-6-16-9-5-3-2-4-8(9)14(7)11(15)10(12)13;1-11(9,10)3-2-4(6)5(7)8/h6-8H,4-5,9-10H2,1-3H3;1-7H,14H2;2-5,7,10H,6H2,1H3;4H,2-3,6H2,1H3,(H,7,8)(H,9,10). The second kappa shape index (κ2) is 26.9. The van der Waals surface area contributed by atoms with Gasteiger partial charge in [-0.2, -0.15) is 0 Å². The number of rotatable bonds is 14. The Hall–Kier alpha value is -4.64. The van der Waals surface area contributed by atoms with E-state index in [0.29, 0.717) is 24.7 Å². The molecule has 4 aromatic carbocycles. The van der Waals surface area contributed by atoms with Crippen molar-refractivity contribution in [3.63, 3.8) is 0 Å². The average Bonchev–Trinajstić information content (AvgIpc) is 3.25. The van der Waals surface area contributed by atoms with Crippen molar-refractivity contribution < 1.29 is 48.1 Å². The zero-order valence-corrected chi connectivity index (χ0v) is 39.2. The van der Waals surface area contributed by atoms with Crippen LogP contribution in [0.25, 0.3) is 0 Å². The van der Waals surface area contributed by atoms with E-state index in [2.05, 4.69) is 6.92 Å². The first-order valence-corrected chi connectivity index (χ1v) is 23.3. The molecule has 1 aliphatic rings. The Balaban J connectivity index is 0.000000294. The van der Waals surface area contributed by atoms with Crippen LogP contribution in [0.2, 0.25) is 5.02 Å². The van der Waals surface area contributed by atoms with Crippen LogP contribution in [0.4, 0.5) is 22.7 Å². The molecule has 0 bridgehead atoms. The summed E-state index contributed by atoms with van der Waals surface area (Å²) >= 11 is 22.9. The van der Waals surface area contributed by atoms with Gasteiger partial charge in [0.25, 0.3) is 11.6 Å². The molecular formula is C42H52Cl4N5O11P. The number of aliphatic carboxylic acids is 1. The van der Waals surface area contributed by atoms with Crippen molar-refractivity contribution in [1.82, 2.24) is 0 Å². The Morgan fingerprint density at radius 3 is 2.24 bits per heavy atom. The number of hydrogen-bond acceptors (Lipinski definition) is 11. The molecule has 0 aliphatic carbocycles. The van der Waals surface area contributed by atoms with E-state index in [4.69, 9.17) is 82.1 Å². The quantitative estimate of drug-likeness (QED) is 0.0231. The number of halogens is 4. The Morgan fingerprint density at radius 1 is 1.05 bits per heavy atom. The molecule has 16 nitrogen and oxygen atoms in total. The molecule has 0 saturated heterocycles. The van der Waals surface area contributed by atoms with Gasteiger partial charge >= 0.3 is 5.97 Å². The van der Waals surface area contributed by atoms with Gasteiger partial charge in [0.05, 0.1) is 22.3 Å². The number of nitro groups is 1. The number of nitrogen functional groups attached to an aromatic ring is 1. The SMILES string of the molecule is CC1COc2ccccc2N1C(=O)C(Cl)Cl.CCOCN(C(=O)CCl)c1c(C)cccc1CC.CP(=O)(O)CCC(N)C(=O)O.Nc1c([N+](=O)[O-])ccc(Oc2ccccc2)c1Cl. The van der Waals surface area contributed by atoms with Gasteiger partial charge in [-0.3, -0.25) is 34.0 Å². The number of alkyl halides is 3. The van der Waals surface area contributed by atoms with Gasteiger partial charge in [-0.05, 0) is 75.1 Å². The number of ether oxygens (including phenoxy) is 3. The van der Waals surface area contributed by atoms with Crippen molar-refractivity contribution in [2.45, 2.75) is 57.5 Å². The van der Waals surface area contributed by atoms with E-state index in [1.165, 1.54) is 18.8 Å². The molecule has 0 spiro atoms. The first kappa shape index (κ1) is 54.5. The van der Waals surface area contributed by atoms with Crippen LogP contribution in [0.1, 0.15) is 38.3 Å². The molecule has 63 heavy (non-hydrogen) atoms. The second-order valence-corrected chi connectivity index (χ2v) is 17.9. The number of nitrogens with zero attached hydrogens (tertiary/aromatic N) is 3. The first-order valence-electron chi connectivity index (χ1n) is 19.3. The molecule has 6 N–H and O–H groups in total. The van der Waals surface area contributed by atoms with Crippen molar-refractivity contribution in [2.24, 2.45) is 5.73 Å². The zero-order chi connectivity index (χ0) is 47.4. The van der Waals surface area contributed by atoms with E-state index in [0.717, 1.165) is 28.9 Å². The van der Waals surface area contributed by atoms with Crippen molar-refractivity contribution >= 4 is 94.3 Å². The van der Waals surface area contributed by atoms with Crippen LogP contribution in [0, 0.1) is 17.0 Å². The number of amides is 2. The molecule has 0 aromatic heterocycles. The van der Waals surface area contributed by atoms with E-state index < -0.39 is 29.1 Å². The maximum atomic E-state index is 12.0. The number of anilines is 3. The summed E-state index contributed by atoms with van der Waals surface area (Å²) in [5, 5.41) is 19.0. The fourth-order valence-corrected chi connectivity index (χ4v) is 6.88. The number of benzene rings is 4. The largest absolute Gasteiger partial charge is 0.489 e. The third-order valence-electron chi connectivity index (χ3n) is 8.74. The van der Waals surface area contributed by atoms with Gasteiger partial charge in [-0.15, -0.1) is 11.6 Å². The molecule has 0 saturated carbocycles. The minimum atomic E-state index is -3.10. The van der Waals surface area contributed by atoms with Gasteiger partial charge in [0, 0.05) is 25.5 Å². The molecule has 0 radical (unpaired) electrons. The van der Waals surface area contributed by atoms with E-state index in [9.17, 15) is 29.1 Å². The number of para-hydroxylation sites is 4. The summed E-state index contributed by atoms with van der Waals surface area (Å²) in [4.78, 5) is 55.0. The molecular weight excluding hydrogens is 923 g/mol. The van der Waals surface area contributed by atoms with Gasteiger partial charge in [0.1, 0.15) is 53.2 Å². The highest BCUT2D eigenvalue weighted by atomic mass is 35.5. The molecule has 4 aromatic rings. The summed E-state index contributed by atoms with van der Waals surface area (Å²) in [6.07, 6.45) is 0.870. The fraction of sp³-hybridized carbons (Fsp3) is 0.357. The summed E-state index contributed by atoms with van der Waals surface area (Å²) in [5.41, 5.74) is 14.2. The minimum absolute atomic E-state index is 0.0352. The third-order valence-corrected chi connectivity index (χ3v) is 10.8. The smallest absolute Gasteiger partial charge is 0.320 e. The van der Waals surface area contributed by atoms with Gasteiger partial charge < -0.3 is 40.6 Å². The summed E-state index contributed by atoms with van der Waals surface area (Å²) in [7, 11) is -3.10. The zero-order valence-electron chi connectivity index (χ0n) is 35.3. The number of carbonyl (C=O) groups excluding carboxylic acids is 2. The van der Waals surface area contributed by atoms with Crippen LogP contribution in [0.15, 0.2) is 84.9 Å². The van der Waals surface area contributed by atoms with Crippen molar-refractivity contribution in [1.29, 1.82) is 0 Å². The van der Waals surface area contributed by atoms with Crippen LogP contribution in [-0.2, 0) is 30.1 Å². The van der Waals surface area contributed by atoms with Gasteiger partial charge in [0.2, 0.25) is 5.91 Å². The van der Waals surface area contributed by atoms with Gasteiger partial charge in [0.15, 0.2) is 12.2 Å². The fourth-order valence-electron chi connectivity index (χ4n) is 5.57. The number of hydrogen-bond donors (Lipinski definition) is 4. The predicted molar refractivity (Wildman–Crippen MR) is 250 cm³/mol. The van der Waals surface area contributed by atoms with E-state index in [1.54, 1.807) is 34.1 Å². The van der Waals surface area contributed by atoms with Crippen LogP contribution < -0.4 is 30.7 Å². The monoisotopic (exact) mass is 973 g/mol. The Kier molecular flexibility index (Phi) is 23.2. The molecule has 344 valence electrons. The lowest BCUT2D eigenvalue weighted by Gasteiger charge is -2.35. The topological polar surface area (TPSA) is 238 Å². The number of carbonyl (C=O) groups is 3. The molecule has 3 atom stereocenters. The lowest BCUT2D eigenvalue weighted by molar-refractivity contribution is -0.383. The highest BCUT2D eigenvalue weighted by molar-refractivity contribution is 7.57. The predicted octanol–water partition coefficient (Wildman–Crippen LogP) is 9.04. The summed E-state index contributed by atoms with van der Waals surface area (Å²) in [6.45, 7) is 10.3. The highest BCUT2D eigenvalue weighted by Gasteiger charge is 2.32. The van der Waals surface area contributed by atoms with E-state index in [-0.39, 0.29) is 65.2 Å². The minimum Gasteiger partial charge on any atom is -0.489 e. The summed E-state index contributed by atoms with van der Waals surface area (Å²) < 4.78 is 27.0. The highest BCUT2D eigenvalue weighted by Crippen LogP contribution is 2.39. The van der Waals surface area contributed by atoms with Crippen LogP contribution in [-0.4, -0.2) is 88.3 Å². The number of aryl methyl sites for hydroxylation is 2. The maximum Gasteiger partial charge on any atom is 0.320 e. The first-order chi connectivity index (χ1) is 29.7. The number of nitrogens with two attached hydrogens (primary N) is 2. The molecule has 2 amide bonds. The van der Waals surface area contributed by atoms with Gasteiger partial charge in [-0.1, -0.05) is 90.3 Å². The maximum absolute atomic E-state index is 12.0. The lowest BCUT2D eigenvalue weighted by atomic mass is 10.0. The Bertz CT molecular complexity index is 2180. The Labute approximate surface area is 386 Å². The summed E-state index contributed by atoms with van der Waals surface area (Å²) in [5.74, 6) is -0.0782. The summed E-state index contributed by atoms with van der Waals surface area (Å²) in [6, 6.07) is 23.9. The van der Waals surface area contributed by atoms with Gasteiger partial charge in [-0.25, -0.2) is 0 Å². The molecule has 21 heteroatoms. The second-order valence-electron chi connectivity index (χ2n) is 13.6. The molecule has 5 rings (SSSR count). The Morgan fingerprint density at radius 2 is 1.68 bits per heavy atom. The molecule has 1 heterocycles. The molecule has 1 aliphatic heterocycles. The number of carboxylic acids is 1. The van der Waals surface area contributed by atoms with Crippen molar-refractivity contribution in [2.75, 3.05) is 54.2 Å². The normalized spacial score (nSPS) is 14.0.